The quantitative estimate of drug-likeness (QED) is 0.395. The highest BCUT2D eigenvalue weighted by molar-refractivity contribution is 7.10. The predicted molar refractivity (Wildman–Crippen MR) is 102 cm³/mol. The van der Waals surface area contributed by atoms with E-state index in [0.717, 1.165) is 4.88 Å². The van der Waals surface area contributed by atoms with Crippen molar-refractivity contribution in [3.63, 3.8) is 0 Å². The highest BCUT2D eigenvalue weighted by atomic mass is 35.5. The van der Waals surface area contributed by atoms with E-state index in [2.05, 4.69) is 0 Å². The molecule has 0 radical (unpaired) electrons. The summed E-state index contributed by atoms with van der Waals surface area (Å²) in [5.41, 5.74) is 0.441. The summed E-state index contributed by atoms with van der Waals surface area (Å²) in [5.74, 6) is -1.08. The number of Topliss-reactive ketones (excluding diaryl/α,β-unsaturated/α-hetero) is 1. The second-order valence-corrected chi connectivity index (χ2v) is 7.45. The van der Waals surface area contributed by atoms with E-state index in [9.17, 15) is 14.7 Å². The van der Waals surface area contributed by atoms with Gasteiger partial charge in [0, 0.05) is 15.5 Å². The molecule has 2 aromatic heterocycles. The predicted octanol–water partition coefficient (Wildman–Crippen LogP) is 4.62. The molecule has 1 aliphatic heterocycles. The number of likely N-dealkylation sites (tertiary alicyclic amines) is 1. The Balaban J connectivity index is 1.85. The molecule has 7 heteroatoms. The van der Waals surface area contributed by atoms with E-state index in [-0.39, 0.29) is 17.9 Å². The zero-order valence-electron chi connectivity index (χ0n) is 14.0. The van der Waals surface area contributed by atoms with Crippen LogP contribution in [0.3, 0.4) is 0 Å². The molecule has 1 N–H and O–H groups in total. The Morgan fingerprint density at radius 1 is 1.19 bits per heavy atom. The van der Waals surface area contributed by atoms with Crippen molar-refractivity contribution in [3.05, 3.63) is 87.0 Å². The van der Waals surface area contributed by atoms with Crippen LogP contribution in [0.2, 0.25) is 5.02 Å². The van der Waals surface area contributed by atoms with E-state index < -0.39 is 17.7 Å². The van der Waals surface area contributed by atoms with Gasteiger partial charge < -0.3 is 14.4 Å². The molecule has 3 aromatic rings. The summed E-state index contributed by atoms with van der Waals surface area (Å²) in [6.45, 7) is 0.131. The second-order valence-electron chi connectivity index (χ2n) is 6.03. The van der Waals surface area contributed by atoms with Gasteiger partial charge in [-0.1, -0.05) is 29.8 Å². The van der Waals surface area contributed by atoms with Crippen LogP contribution in [0.5, 0.6) is 0 Å². The van der Waals surface area contributed by atoms with Crippen molar-refractivity contribution < 1.29 is 19.1 Å². The van der Waals surface area contributed by atoms with Gasteiger partial charge in [0.25, 0.3) is 11.7 Å². The van der Waals surface area contributed by atoms with Gasteiger partial charge in [0.15, 0.2) is 0 Å². The van der Waals surface area contributed by atoms with Crippen molar-refractivity contribution in [3.8, 4) is 0 Å². The molecule has 3 heterocycles. The fraction of sp³-hybridized carbons (Fsp3) is 0.100. The number of benzene rings is 1. The Labute approximate surface area is 164 Å². The van der Waals surface area contributed by atoms with Crippen molar-refractivity contribution in [2.45, 2.75) is 12.6 Å². The summed E-state index contributed by atoms with van der Waals surface area (Å²) >= 11 is 7.43. The Bertz CT molecular complexity index is 1020. The standard InChI is InChI=1S/C20H14ClNO4S/c21-13-5-1-4-12(10-13)18(23)16-17(15-7-3-9-27-15)22(20(25)19(16)24)11-14-6-2-8-26-14/h1-10,17,23H,11H2/b18-16-. The van der Waals surface area contributed by atoms with Gasteiger partial charge in [-0.3, -0.25) is 9.59 Å². The van der Waals surface area contributed by atoms with E-state index in [1.807, 2.05) is 17.5 Å². The second kappa shape index (κ2) is 7.06. The number of ketones is 1. The van der Waals surface area contributed by atoms with Gasteiger partial charge in [0.05, 0.1) is 18.4 Å². The molecule has 0 saturated carbocycles. The minimum atomic E-state index is -0.725. The molecular weight excluding hydrogens is 386 g/mol. The smallest absolute Gasteiger partial charge is 0.296 e. The number of furan rings is 1. The molecule has 1 aliphatic rings. The number of amides is 1. The molecule has 1 aromatic carbocycles. The first kappa shape index (κ1) is 17.6. The summed E-state index contributed by atoms with van der Waals surface area (Å²) < 4.78 is 5.34. The zero-order chi connectivity index (χ0) is 19.0. The number of hydrogen-bond acceptors (Lipinski definition) is 5. The molecule has 0 aliphatic carbocycles. The van der Waals surface area contributed by atoms with E-state index in [1.54, 1.807) is 36.4 Å². The Kier molecular flexibility index (Phi) is 4.59. The molecule has 1 amide bonds. The maximum absolute atomic E-state index is 12.8. The van der Waals surface area contributed by atoms with Crippen LogP contribution in [0.4, 0.5) is 0 Å². The third kappa shape index (κ3) is 3.18. The fourth-order valence-corrected chi connectivity index (χ4v) is 4.18. The summed E-state index contributed by atoms with van der Waals surface area (Å²) in [6, 6.07) is 13.0. The van der Waals surface area contributed by atoms with Crippen LogP contribution in [-0.4, -0.2) is 21.7 Å². The van der Waals surface area contributed by atoms with Gasteiger partial charge >= 0.3 is 0 Å². The number of halogens is 1. The lowest BCUT2D eigenvalue weighted by molar-refractivity contribution is -0.140. The number of rotatable bonds is 4. The molecule has 1 atom stereocenters. The van der Waals surface area contributed by atoms with Crippen molar-refractivity contribution >= 4 is 40.4 Å². The molecule has 1 unspecified atom stereocenters. The Morgan fingerprint density at radius 3 is 2.70 bits per heavy atom. The SMILES string of the molecule is O=C1C(=O)N(Cc2ccco2)C(c2cccs2)/C1=C(/O)c1cccc(Cl)c1. The molecule has 27 heavy (non-hydrogen) atoms. The Morgan fingerprint density at radius 2 is 2.04 bits per heavy atom. The first-order chi connectivity index (χ1) is 13.1. The van der Waals surface area contributed by atoms with Gasteiger partial charge in [-0.15, -0.1) is 11.3 Å². The molecule has 1 fully saturated rings. The molecular formula is C20H14ClNO4S. The number of carbonyl (C=O) groups excluding carboxylic acids is 2. The summed E-state index contributed by atoms with van der Waals surface area (Å²) in [4.78, 5) is 27.7. The van der Waals surface area contributed by atoms with Crippen molar-refractivity contribution in [2.24, 2.45) is 0 Å². The lowest BCUT2D eigenvalue weighted by Crippen LogP contribution is -2.28. The molecule has 1 saturated heterocycles. The first-order valence-corrected chi connectivity index (χ1v) is 9.42. The topological polar surface area (TPSA) is 70.8 Å². The van der Waals surface area contributed by atoms with Gasteiger partial charge in [-0.2, -0.15) is 0 Å². The number of thiophene rings is 1. The summed E-state index contributed by atoms with van der Waals surface area (Å²) in [7, 11) is 0. The minimum Gasteiger partial charge on any atom is -0.507 e. The van der Waals surface area contributed by atoms with Crippen LogP contribution >= 0.6 is 22.9 Å². The number of aliphatic hydroxyl groups is 1. The first-order valence-electron chi connectivity index (χ1n) is 8.16. The van der Waals surface area contributed by atoms with Crippen LogP contribution in [0.25, 0.3) is 5.76 Å². The lowest BCUT2D eigenvalue weighted by atomic mass is 10.00. The average molecular weight is 400 g/mol. The van der Waals surface area contributed by atoms with Crippen LogP contribution in [0.15, 0.2) is 70.2 Å². The average Bonchev–Trinajstić information content (AvgIpc) is 3.40. The van der Waals surface area contributed by atoms with Gasteiger partial charge in [-0.05, 0) is 35.7 Å². The van der Waals surface area contributed by atoms with Crippen LogP contribution < -0.4 is 0 Å². The van der Waals surface area contributed by atoms with Gasteiger partial charge in [0.1, 0.15) is 17.6 Å². The maximum atomic E-state index is 12.8. The molecule has 5 nitrogen and oxygen atoms in total. The largest absolute Gasteiger partial charge is 0.507 e. The van der Waals surface area contributed by atoms with Crippen molar-refractivity contribution in [1.82, 2.24) is 4.90 Å². The highest BCUT2D eigenvalue weighted by Gasteiger charge is 2.46. The number of aliphatic hydroxyl groups excluding tert-OH is 1. The fourth-order valence-electron chi connectivity index (χ4n) is 3.15. The lowest BCUT2D eigenvalue weighted by Gasteiger charge is -2.23. The molecule has 0 spiro atoms. The third-order valence-electron chi connectivity index (χ3n) is 4.36. The van der Waals surface area contributed by atoms with E-state index in [4.69, 9.17) is 16.0 Å². The highest BCUT2D eigenvalue weighted by Crippen LogP contribution is 2.42. The summed E-state index contributed by atoms with van der Waals surface area (Å²) in [6.07, 6.45) is 1.51. The van der Waals surface area contributed by atoms with Crippen LogP contribution in [0, 0.1) is 0 Å². The monoisotopic (exact) mass is 399 g/mol. The number of nitrogens with zero attached hydrogens (tertiary/aromatic N) is 1. The number of carbonyl (C=O) groups is 2. The molecule has 0 bridgehead atoms. The van der Waals surface area contributed by atoms with Crippen LogP contribution in [0.1, 0.15) is 22.2 Å². The third-order valence-corrected chi connectivity index (χ3v) is 5.52. The van der Waals surface area contributed by atoms with Crippen molar-refractivity contribution in [2.75, 3.05) is 0 Å². The number of hydrogen-bond donors (Lipinski definition) is 1. The zero-order valence-corrected chi connectivity index (χ0v) is 15.5. The summed E-state index contributed by atoms with van der Waals surface area (Å²) in [5, 5.41) is 13.1. The van der Waals surface area contributed by atoms with Gasteiger partial charge in [0.2, 0.25) is 0 Å². The maximum Gasteiger partial charge on any atom is 0.296 e. The molecule has 136 valence electrons. The van der Waals surface area contributed by atoms with Gasteiger partial charge in [-0.25, -0.2) is 0 Å². The van der Waals surface area contributed by atoms with E-state index in [1.165, 1.54) is 22.5 Å². The normalized spacial score (nSPS) is 19.0. The van der Waals surface area contributed by atoms with E-state index in [0.29, 0.717) is 16.3 Å². The molecule has 4 rings (SSSR count). The minimum absolute atomic E-state index is 0.0521. The van der Waals surface area contributed by atoms with Crippen LogP contribution in [-0.2, 0) is 16.1 Å². The van der Waals surface area contributed by atoms with Crippen molar-refractivity contribution in [1.29, 1.82) is 0 Å². The van der Waals surface area contributed by atoms with E-state index >= 15 is 0 Å². The Hall–Kier alpha value is -2.83.